The van der Waals surface area contributed by atoms with Gasteiger partial charge in [-0.2, -0.15) is 0 Å². The maximum absolute atomic E-state index is 11.5. The molecule has 7 heteroatoms. The smallest absolute Gasteiger partial charge is 0.231 e. The first-order chi connectivity index (χ1) is 10.1. The van der Waals surface area contributed by atoms with Crippen molar-refractivity contribution < 1.29 is 17.9 Å². The zero-order chi connectivity index (χ0) is 14.9. The molecule has 21 heavy (non-hydrogen) atoms. The fourth-order valence-electron chi connectivity index (χ4n) is 2.17. The number of anilines is 1. The van der Waals surface area contributed by atoms with Crippen LogP contribution in [0.5, 0.6) is 11.5 Å². The largest absolute Gasteiger partial charge is 0.454 e. The monoisotopic (exact) mass is 308 g/mol. The molecule has 1 aromatic heterocycles. The first-order valence-electron chi connectivity index (χ1n) is 6.72. The highest BCUT2D eigenvalue weighted by molar-refractivity contribution is 7.91. The van der Waals surface area contributed by atoms with Crippen molar-refractivity contribution in [1.29, 1.82) is 0 Å². The third-order valence-electron chi connectivity index (χ3n) is 3.40. The molecule has 0 fully saturated rings. The summed E-state index contributed by atoms with van der Waals surface area (Å²) >= 11 is 0. The number of hydrogen-bond donors (Lipinski definition) is 1. The molecule has 1 aliphatic heterocycles. The van der Waals surface area contributed by atoms with Crippen LogP contribution in [0.1, 0.15) is 6.92 Å². The molecule has 0 unspecified atom stereocenters. The van der Waals surface area contributed by atoms with Gasteiger partial charge in [0.2, 0.25) is 6.79 Å². The van der Waals surface area contributed by atoms with Gasteiger partial charge in [-0.3, -0.25) is 0 Å². The molecule has 0 aliphatic carbocycles. The van der Waals surface area contributed by atoms with Crippen LogP contribution in [-0.2, 0) is 9.84 Å². The van der Waals surface area contributed by atoms with Gasteiger partial charge in [0, 0.05) is 23.9 Å². The van der Waals surface area contributed by atoms with Crippen LogP contribution in [0.15, 0.2) is 24.4 Å². The summed E-state index contributed by atoms with van der Waals surface area (Å²) < 4.78 is 33.7. The number of ether oxygens (including phenoxy) is 2. The van der Waals surface area contributed by atoms with Gasteiger partial charge in [0.25, 0.3) is 0 Å². The predicted molar refractivity (Wildman–Crippen MR) is 80.7 cm³/mol. The van der Waals surface area contributed by atoms with E-state index in [2.05, 4.69) is 10.3 Å². The Morgan fingerprint density at radius 3 is 2.81 bits per heavy atom. The molecule has 3 rings (SSSR count). The zero-order valence-electron chi connectivity index (χ0n) is 11.6. The average Bonchev–Trinajstić information content (AvgIpc) is 2.92. The summed E-state index contributed by atoms with van der Waals surface area (Å²) in [4.78, 5) is 4.28. The molecule has 0 amide bonds. The first kappa shape index (κ1) is 13.9. The zero-order valence-corrected chi connectivity index (χ0v) is 12.4. The Labute approximate surface area is 123 Å². The Balaban J connectivity index is 1.85. The highest BCUT2D eigenvalue weighted by atomic mass is 32.2. The summed E-state index contributed by atoms with van der Waals surface area (Å²) in [5, 5.41) is 4.94. The molecule has 0 atom stereocenters. The lowest BCUT2D eigenvalue weighted by molar-refractivity contribution is 0.174. The van der Waals surface area contributed by atoms with Crippen molar-refractivity contribution in [2.75, 3.05) is 30.2 Å². The number of fused-ring (bicyclic) bond motifs is 2. The number of nitrogens with zero attached hydrogens (tertiary/aromatic N) is 1. The van der Waals surface area contributed by atoms with E-state index >= 15 is 0 Å². The maximum Gasteiger partial charge on any atom is 0.231 e. The van der Waals surface area contributed by atoms with Crippen molar-refractivity contribution in [2.24, 2.45) is 0 Å². The van der Waals surface area contributed by atoms with E-state index in [-0.39, 0.29) is 18.3 Å². The Morgan fingerprint density at radius 2 is 2.05 bits per heavy atom. The van der Waals surface area contributed by atoms with Crippen LogP contribution in [0.2, 0.25) is 0 Å². The minimum absolute atomic E-state index is 0.0894. The Hall–Kier alpha value is -2.02. The van der Waals surface area contributed by atoms with E-state index in [0.29, 0.717) is 23.9 Å². The van der Waals surface area contributed by atoms with Crippen LogP contribution in [-0.4, -0.2) is 38.2 Å². The maximum atomic E-state index is 11.5. The second-order valence-electron chi connectivity index (χ2n) is 4.75. The van der Waals surface area contributed by atoms with Crippen molar-refractivity contribution in [3.63, 3.8) is 0 Å². The van der Waals surface area contributed by atoms with E-state index in [1.807, 2.05) is 18.2 Å². The molecule has 6 nitrogen and oxygen atoms in total. The lowest BCUT2D eigenvalue weighted by atomic mass is 10.1. The summed E-state index contributed by atoms with van der Waals surface area (Å²) in [6, 6.07) is 5.64. The molecule has 1 aliphatic rings. The molecule has 1 aromatic carbocycles. The molecule has 0 saturated heterocycles. The molecular formula is C14H16N2O4S. The number of nitrogens with one attached hydrogen (secondary N) is 1. The molecule has 2 aromatic rings. The lowest BCUT2D eigenvalue weighted by Gasteiger charge is -2.09. The quantitative estimate of drug-likeness (QED) is 0.907. The first-order valence-corrected chi connectivity index (χ1v) is 8.54. The minimum Gasteiger partial charge on any atom is -0.454 e. The summed E-state index contributed by atoms with van der Waals surface area (Å²) in [5.74, 6) is 2.28. The van der Waals surface area contributed by atoms with Gasteiger partial charge in [0.05, 0.1) is 5.75 Å². The summed E-state index contributed by atoms with van der Waals surface area (Å²) in [7, 11) is -2.99. The van der Waals surface area contributed by atoms with Gasteiger partial charge in [0.15, 0.2) is 21.3 Å². The van der Waals surface area contributed by atoms with Gasteiger partial charge in [-0.25, -0.2) is 13.4 Å². The molecule has 1 N–H and O–H groups in total. The van der Waals surface area contributed by atoms with Crippen LogP contribution in [0.3, 0.4) is 0 Å². The molecule has 0 bridgehead atoms. The topological polar surface area (TPSA) is 77.5 Å². The van der Waals surface area contributed by atoms with E-state index < -0.39 is 9.84 Å². The number of sulfone groups is 1. The number of hydrogen-bond acceptors (Lipinski definition) is 6. The van der Waals surface area contributed by atoms with Crippen molar-refractivity contribution in [3.05, 3.63) is 24.4 Å². The number of pyridine rings is 1. The van der Waals surface area contributed by atoms with E-state index in [4.69, 9.17) is 9.47 Å². The van der Waals surface area contributed by atoms with Crippen molar-refractivity contribution in [1.82, 2.24) is 4.98 Å². The standard InChI is InChI=1S/C14H16N2O4S/c1-2-21(17,18)6-5-16-14-11-8-13-12(19-9-20-13)7-10(11)3-4-15-14/h3-4,7-8H,2,5-6,9H2,1H3,(H,15,16). The second-order valence-corrected chi connectivity index (χ2v) is 7.22. The van der Waals surface area contributed by atoms with Gasteiger partial charge in [-0.15, -0.1) is 0 Å². The Kier molecular flexibility index (Phi) is 3.59. The lowest BCUT2D eigenvalue weighted by Crippen LogP contribution is -2.17. The van der Waals surface area contributed by atoms with Crippen LogP contribution in [0.25, 0.3) is 10.8 Å². The van der Waals surface area contributed by atoms with Gasteiger partial charge in [-0.1, -0.05) is 6.92 Å². The normalized spacial score (nSPS) is 13.6. The fraction of sp³-hybridized carbons (Fsp3) is 0.357. The number of benzene rings is 1. The fourth-order valence-corrected chi connectivity index (χ4v) is 2.87. The summed E-state index contributed by atoms with van der Waals surface area (Å²) in [6.45, 7) is 2.19. The molecule has 0 spiro atoms. The van der Waals surface area contributed by atoms with Gasteiger partial charge in [-0.05, 0) is 23.6 Å². The van der Waals surface area contributed by atoms with E-state index in [1.54, 1.807) is 13.1 Å². The number of aromatic nitrogens is 1. The van der Waals surface area contributed by atoms with Gasteiger partial charge >= 0.3 is 0 Å². The van der Waals surface area contributed by atoms with Crippen molar-refractivity contribution in [3.8, 4) is 11.5 Å². The Bertz CT molecular complexity index is 774. The minimum atomic E-state index is -2.99. The van der Waals surface area contributed by atoms with Gasteiger partial charge in [0.1, 0.15) is 5.82 Å². The van der Waals surface area contributed by atoms with E-state index in [0.717, 1.165) is 10.8 Å². The van der Waals surface area contributed by atoms with Crippen molar-refractivity contribution >= 4 is 26.4 Å². The highest BCUT2D eigenvalue weighted by Gasteiger charge is 2.16. The van der Waals surface area contributed by atoms with E-state index in [1.165, 1.54) is 0 Å². The molecule has 112 valence electrons. The van der Waals surface area contributed by atoms with Crippen LogP contribution in [0, 0.1) is 0 Å². The molecular weight excluding hydrogens is 292 g/mol. The molecule has 0 radical (unpaired) electrons. The van der Waals surface area contributed by atoms with Crippen LogP contribution in [0.4, 0.5) is 5.82 Å². The van der Waals surface area contributed by atoms with E-state index in [9.17, 15) is 8.42 Å². The Morgan fingerprint density at radius 1 is 1.29 bits per heavy atom. The van der Waals surface area contributed by atoms with Crippen LogP contribution < -0.4 is 14.8 Å². The van der Waals surface area contributed by atoms with Crippen molar-refractivity contribution in [2.45, 2.75) is 6.92 Å². The molecule has 0 saturated carbocycles. The average molecular weight is 308 g/mol. The summed E-state index contributed by atoms with van der Waals surface area (Å²) in [5.41, 5.74) is 0. The highest BCUT2D eigenvalue weighted by Crippen LogP contribution is 2.37. The SMILES string of the molecule is CCS(=O)(=O)CCNc1nccc2cc3c(cc12)OCO3. The second kappa shape index (κ2) is 5.40. The van der Waals surface area contributed by atoms with Crippen LogP contribution >= 0.6 is 0 Å². The third kappa shape index (κ3) is 2.87. The molecule has 2 heterocycles. The van der Waals surface area contributed by atoms with Gasteiger partial charge < -0.3 is 14.8 Å². The summed E-state index contributed by atoms with van der Waals surface area (Å²) in [6.07, 6.45) is 1.68. The predicted octanol–water partition coefficient (Wildman–Crippen LogP) is 1.81. The number of rotatable bonds is 5. The third-order valence-corrected chi connectivity index (χ3v) is 5.11.